The third kappa shape index (κ3) is 1.00. The summed E-state index contributed by atoms with van der Waals surface area (Å²) in [6, 6.07) is 0. The zero-order valence-electron chi connectivity index (χ0n) is 5.02. The standard InChI is InChI=1S/C4H7NO4S/c5-4(10(6,7)8)2-1-3-9-4/h1,3H,2,5H2,(H,6,7,8). The molecule has 6 heteroatoms. The number of nitrogens with two attached hydrogens (primary N) is 1. The summed E-state index contributed by atoms with van der Waals surface area (Å²) in [5.41, 5.74) is 5.11. The molecule has 1 atom stereocenters. The number of hydrogen-bond donors (Lipinski definition) is 2. The molecule has 1 heterocycles. The molecule has 1 aliphatic heterocycles. The molecule has 0 bridgehead atoms. The molecular weight excluding hydrogens is 158 g/mol. The maximum Gasteiger partial charge on any atom is 0.321 e. The molecule has 0 aliphatic carbocycles. The van der Waals surface area contributed by atoms with Gasteiger partial charge < -0.3 is 4.74 Å². The van der Waals surface area contributed by atoms with Gasteiger partial charge in [-0.3, -0.25) is 10.3 Å². The lowest BCUT2D eigenvalue weighted by Gasteiger charge is -2.18. The van der Waals surface area contributed by atoms with Crippen molar-refractivity contribution in [2.24, 2.45) is 5.73 Å². The van der Waals surface area contributed by atoms with E-state index in [1.807, 2.05) is 0 Å². The molecule has 0 amide bonds. The molecule has 0 aromatic carbocycles. The Bertz CT molecular complexity index is 246. The van der Waals surface area contributed by atoms with Gasteiger partial charge in [-0.2, -0.15) is 8.42 Å². The largest absolute Gasteiger partial charge is 0.464 e. The van der Waals surface area contributed by atoms with E-state index in [0.29, 0.717) is 0 Å². The minimum absolute atomic E-state index is 0.0220. The number of ether oxygens (including phenoxy) is 1. The van der Waals surface area contributed by atoms with Gasteiger partial charge in [0.1, 0.15) is 0 Å². The molecule has 3 N–H and O–H groups in total. The van der Waals surface area contributed by atoms with Crippen molar-refractivity contribution < 1.29 is 17.7 Å². The molecule has 0 fully saturated rings. The van der Waals surface area contributed by atoms with Gasteiger partial charge in [0.2, 0.25) is 0 Å². The van der Waals surface area contributed by atoms with E-state index < -0.39 is 15.2 Å². The topological polar surface area (TPSA) is 89.6 Å². The molecule has 58 valence electrons. The van der Waals surface area contributed by atoms with Crippen LogP contribution in [0.3, 0.4) is 0 Å². The third-order valence-corrected chi connectivity index (χ3v) is 2.34. The van der Waals surface area contributed by atoms with Gasteiger partial charge in [-0.15, -0.1) is 0 Å². The summed E-state index contributed by atoms with van der Waals surface area (Å²) < 4.78 is 33.8. The van der Waals surface area contributed by atoms with Crippen LogP contribution in [0.15, 0.2) is 12.3 Å². The van der Waals surface area contributed by atoms with E-state index in [2.05, 4.69) is 4.74 Å². The molecule has 0 saturated heterocycles. The first kappa shape index (κ1) is 7.52. The Labute approximate surface area is 58.2 Å². The Hall–Kier alpha value is -0.590. The smallest absolute Gasteiger partial charge is 0.321 e. The van der Waals surface area contributed by atoms with Crippen LogP contribution in [0, 0.1) is 0 Å². The van der Waals surface area contributed by atoms with Crippen molar-refractivity contribution in [3.05, 3.63) is 12.3 Å². The van der Waals surface area contributed by atoms with Gasteiger partial charge in [0.05, 0.1) is 6.26 Å². The fourth-order valence-electron chi connectivity index (χ4n) is 0.590. The van der Waals surface area contributed by atoms with Crippen LogP contribution < -0.4 is 5.73 Å². The van der Waals surface area contributed by atoms with Crippen LogP contribution in [0.1, 0.15) is 6.42 Å². The first-order valence-electron chi connectivity index (χ1n) is 2.54. The van der Waals surface area contributed by atoms with E-state index in [9.17, 15) is 8.42 Å². The van der Waals surface area contributed by atoms with Crippen LogP contribution in [0.25, 0.3) is 0 Å². The second-order valence-electron chi connectivity index (χ2n) is 1.98. The summed E-state index contributed by atoms with van der Waals surface area (Å²) in [5.74, 6) is 0. The minimum atomic E-state index is -4.31. The van der Waals surface area contributed by atoms with E-state index in [-0.39, 0.29) is 6.42 Å². The lowest BCUT2D eigenvalue weighted by molar-refractivity contribution is 0.120. The Morgan fingerprint density at radius 3 is 2.50 bits per heavy atom. The SMILES string of the molecule is NC1(S(=O)(=O)O)CC=CO1. The monoisotopic (exact) mass is 165 g/mol. The fraction of sp³-hybridized carbons (Fsp3) is 0.500. The van der Waals surface area contributed by atoms with Gasteiger partial charge in [0.25, 0.3) is 5.06 Å². The van der Waals surface area contributed by atoms with E-state index in [1.54, 1.807) is 0 Å². The molecule has 0 radical (unpaired) electrons. The van der Waals surface area contributed by atoms with Crippen molar-refractivity contribution in [1.29, 1.82) is 0 Å². The van der Waals surface area contributed by atoms with Gasteiger partial charge in [0, 0.05) is 6.42 Å². The first-order chi connectivity index (χ1) is 4.46. The molecular formula is C4H7NO4S. The van der Waals surface area contributed by atoms with Crippen molar-refractivity contribution in [3.63, 3.8) is 0 Å². The Balaban J connectivity index is 2.92. The van der Waals surface area contributed by atoms with Crippen molar-refractivity contribution in [2.75, 3.05) is 0 Å². The average molecular weight is 165 g/mol. The van der Waals surface area contributed by atoms with Crippen molar-refractivity contribution in [2.45, 2.75) is 11.5 Å². The molecule has 1 rings (SSSR count). The molecule has 10 heavy (non-hydrogen) atoms. The van der Waals surface area contributed by atoms with E-state index in [1.165, 1.54) is 6.08 Å². The van der Waals surface area contributed by atoms with E-state index >= 15 is 0 Å². The van der Waals surface area contributed by atoms with Crippen molar-refractivity contribution in [3.8, 4) is 0 Å². The minimum Gasteiger partial charge on any atom is -0.464 e. The zero-order valence-corrected chi connectivity index (χ0v) is 5.84. The molecule has 0 saturated carbocycles. The number of rotatable bonds is 1. The average Bonchev–Trinajstić information content (AvgIpc) is 2.13. The lowest BCUT2D eigenvalue weighted by atomic mass is 10.4. The predicted octanol–water partition coefficient (Wildman–Crippen LogP) is -0.579. The zero-order chi connectivity index (χ0) is 7.83. The summed E-state index contributed by atoms with van der Waals surface area (Å²) >= 11 is 0. The van der Waals surface area contributed by atoms with Gasteiger partial charge in [-0.05, 0) is 6.08 Å². The Morgan fingerprint density at radius 1 is 1.70 bits per heavy atom. The molecule has 1 unspecified atom stereocenters. The fourth-order valence-corrected chi connectivity index (χ4v) is 1.07. The van der Waals surface area contributed by atoms with Gasteiger partial charge in [-0.1, -0.05) is 0 Å². The summed E-state index contributed by atoms with van der Waals surface area (Å²) in [4.78, 5) is 0. The van der Waals surface area contributed by atoms with Gasteiger partial charge in [0.15, 0.2) is 0 Å². The Kier molecular flexibility index (Phi) is 1.46. The maximum atomic E-state index is 10.4. The molecule has 5 nitrogen and oxygen atoms in total. The highest BCUT2D eigenvalue weighted by Gasteiger charge is 2.41. The van der Waals surface area contributed by atoms with Crippen LogP contribution >= 0.6 is 0 Å². The van der Waals surface area contributed by atoms with E-state index in [0.717, 1.165) is 6.26 Å². The number of hydrogen-bond acceptors (Lipinski definition) is 4. The molecule has 0 spiro atoms. The van der Waals surface area contributed by atoms with Crippen LogP contribution in [0.5, 0.6) is 0 Å². The first-order valence-corrected chi connectivity index (χ1v) is 3.98. The highest BCUT2D eigenvalue weighted by atomic mass is 32.2. The highest BCUT2D eigenvalue weighted by molar-refractivity contribution is 7.87. The summed E-state index contributed by atoms with van der Waals surface area (Å²) in [7, 11) is -4.31. The third-order valence-electron chi connectivity index (χ3n) is 1.20. The quantitative estimate of drug-likeness (QED) is 0.507. The van der Waals surface area contributed by atoms with Crippen molar-refractivity contribution >= 4 is 10.1 Å². The highest BCUT2D eigenvalue weighted by Crippen LogP contribution is 2.22. The van der Waals surface area contributed by atoms with Crippen LogP contribution in [-0.2, 0) is 14.9 Å². The van der Waals surface area contributed by atoms with Crippen LogP contribution in [0.2, 0.25) is 0 Å². The maximum absolute atomic E-state index is 10.4. The molecule has 1 aliphatic rings. The summed E-state index contributed by atoms with van der Waals surface area (Å²) in [6.07, 6.45) is 2.55. The van der Waals surface area contributed by atoms with Crippen molar-refractivity contribution in [1.82, 2.24) is 0 Å². The van der Waals surface area contributed by atoms with Crippen LogP contribution in [0.4, 0.5) is 0 Å². The normalized spacial score (nSPS) is 32.2. The molecule has 0 aromatic rings. The summed E-state index contributed by atoms with van der Waals surface area (Å²) in [6.45, 7) is 0. The summed E-state index contributed by atoms with van der Waals surface area (Å²) in [5, 5.41) is -1.95. The second-order valence-corrected chi connectivity index (χ2v) is 3.62. The lowest BCUT2D eigenvalue weighted by Crippen LogP contribution is -2.46. The second kappa shape index (κ2) is 1.94. The molecule has 0 aromatic heterocycles. The van der Waals surface area contributed by atoms with Gasteiger partial charge in [-0.25, -0.2) is 0 Å². The predicted molar refractivity (Wildman–Crippen MR) is 33.3 cm³/mol. The van der Waals surface area contributed by atoms with Gasteiger partial charge >= 0.3 is 10.1 Å². The van der Waals surface area contributed by atoms with Crippen LogP contribution in [-0.4, -0.2) is 18.0 Å². The van der Waals surface area contributed by atoms with E-state index in [4.69, 9.17) is 10.3 Å². The Morgan fingerprint density at radius 2 is 2.30 bits per heavy atom.